The van der Waals surface area contributed by atoms with Crippen LogP contribution in [0.15, 0.2) is 22.7 Å². The second kappa shape index (κ2) is 5.72. The maximum Gasteiger partial charge on any atom is 0.322 e. The van der Waals surface area contributed by atoms with E-state index in [1.165, 1.54) is 0 Å². The van der Waals surface area contributed by atoms with Crippen LogP contribution in [0.25, 0.3) is 0 Å². The summed E-state index contributed by atoms with van der Waals surface area (Å²) >= 11 is 3.47. The third kappa shape index (κ3) is 2.73. The zero-order valence-electron chi connectivity index (χ0n) is 15.4. The second-order valence-electron chi connectivity index (χ2n) is 9.06. The summed E-state index contributed by atoms with van der Waals surface area (Å²) < 4.78 is 7.36. The van der Waals surface area contributed by atoms with Crippen molar-refractivity contribution in [2.24, 2.45) is 11.3 Å². The lowest BCUT2D eigenvalue weighted by atomic mass is 9.64. The third-order valence-electron chi connectivity index (χ3n) is 6.38. The van der Waals surface area contributed by atoms with Gasteiger partial charge in [0.2, 0.25) is 0 Å². The largest absolute Gasteiger partial charge is 0.487 e. The molecule has 1 saturated carbocycles. The van der Waals surface area contributed by atoms with Gasteiger partial charge in [-0.05, 0) is 55.2 Å². The van der Waals surface area contributed by atoms with E-state index in [9.17, 15) is 9.59 Å². The Kier molecular flexibility index (Phi) is 3.92. The van der Waals surface area contributed by atoms with E-state index in [1.807, 2.05) is 18.2 Å². The van der Waals surface area contributed by atoms with Gasteiger partial charge in [0.1, 0.15) is 11.4 Å². The Morgan fingerprint density at radius 1 is 1.19 bits per heavy atom. The number of amides is 3. The molecule has 1 unspecified atom stereocenters. The van der Waals surface area contributed by atoms with Gasteiger partial charge in [0.15, 0.2) is 5.54 Å². The van der Waals surface area contributed by atoms with Crippen molar-refractivity contribution in [2.45, 2.75) is 64.0 Å². The maximum absolute atomic E-state index is 12.8. The highest BCUT2D eigenvalue weighted by Crippen LogP contribution is 2.53. The first-order valence-corrected chi connectivity index (χ1v) is 10.1. The molecule has 2 fully saturated rings. The number of nitrogens with one attached hydrogen (secondary N) is 2. The molecule has 2 heterocycles. The van der Waals surface area contributed by atoms with Crippen molar-refractivity contribution >= 4 is 27.9 Å². The first-order valence-electron chi connectivity index (χ1n) is 9.26. The van der Waals surface area contributed by atoms with Crippen molar-refractivity contribution in [1.82, 2.24) is 10.6 Å². The van der Waals surface area contributed by atoms with Gasteiger partial charge in [0.05, 0.1) is 0 Å². The molecular formula is C20H25BrN2O3. The zero-order chi connectivity index (χ0) is 18.7. The zero-order valence-corrected chi connectivity index (χ0v) is 17.0. The molecule has 5 nitrogen and oxygen atoms in total. The van der Waals surface area contributed by atoms with Crippen molar-refractivity contribution in [3.63, 3.8) is 0 Å². The number of rotatable bonds is 0. The Bertz CT molecular complexity index is 778. The summed E-state index contributed by atoms with van der Waals surface area (Å²) in [5.74, 6) is 1.07. The lowest BCUT2D eigenvalue weighted by molar-refractivity contribution is -0.129. The molecule has 0 aromatic heterocycles. The predicted octanol–water partition coefficient (Wildman–Crippen LogP) is 4.24. The number of hydrogen-bond donors (Lipinski definition) is 2. The highest BCUT2D eigenvalue weighted by molar-refractivity contribution is 9.10. The smallest absolute Gasteiger partial charge is 0.322 e. The Morgan fingerprint density at radius 2 is 1.88 bits per heavy atom. The van der Waals surface area contributed by atoms with Gasteiger partial charge < -0.3 is 10.1 Å². The summed E-state index contributed by atoms with van der Waals surface area (Å²) in [6.07, 6.45) is 4.42. The van der Waals surface area contributed by atoms with Crippen LogP contribution < -0.4 is 15.4 Å². The summed E-state index contributed by atoms with van der Waals surface area (Å²) in [4.78, 5) is 24.8. The molecule has 0 bridgehead atoms. The van der Waals surface area contributed by atoms with Crippen LogP contribution in [-0.4, -0.2) is 17.5 Å². The maximum atomic E-state index is 12.8. The minimum absolute atomic E-state index is 0.273. The van der Waals surface area contributed by atoms with Gasteiger partial charge >= 0.3 is 6.03 Å². The Labute approximate surface area is 162 Å². The molecule has 1 saturated heterocycles. The van der Waals surface area contributed by atoms with Crippen molar-refractivity contribution in [3.8, 4) is 5.75 Å². The number of carbonyl (C=O) groups excluding carboxylic acids is 2. The molecule has 0 radical (unpaired) electrons. The van der Waals surface area contributed by atoms with Crippen LogP contribution in [0.5, 0.6) is 5.75 Å². The van der Waals surface area contributed by atoms with Crippen LogP contribution in [-0.2, 0) is 10.3 Å². The number of hydrogen-bond acceptors (Lipinski definition) is 3. The van der Waals surface area contributed by atoms with E-state index in [0.29, 0.717) is 18.1 Å². The van der Waals surface area contributed by atoms with Crippen molar-refractivity contribution in [2.75, 3.05) is 0 Å². The van der Waals surface area contributed by atoms with E-state index in [-0.39, 0.29) is 11.3 Å². The van der Waals surface area contributed by atoms with E-state index < -0.39 is 17.2 Å². The molecule has 140 valence electrons. The minimum Gasteiger partial charge on any atom is -0.487 e. The van der Waals surface area contributed by atoms with Crippen molar-refractivity contribution < 1.29 is 14.3 Å². The molecule has 1 aliphatic carbocycles. The fourth-order valence-electron chi connectivity index (χ4n) is 4.87. The number of halogens is 1. The average molecular weight is 421 g/mol. The lowest BCUT2D eigenvalue weighted by Crippen LogP contribution is -2.57. The first-order chi connectivity index (χ1) is 12.1. The molecule has 2 spiro atoms. The molecule has 4 rings (SSSR count). The number of carbonyl (C=O) groups is 2. The van der Waals surface area contributed by atoms with Crippen LogP contribution >= 0.6 is 15.9 Å². The van der Waals surface area contributed by atoms with Gasteiger partial charge in [-0.1, -0.05) is 36.7 Å². The number of imide groups is 1. The monoisotopic (exact) mass is 420 g/mol. The lowest BCUT2D eigenvalue weighted by Gasteiger charge is -2.50. The first kappa shape index (κ1) is 17.8. The summed E-state index contributed by atoms with van der Waals surface area (Å²) in [7, 11) is 0. The second-order valence-corrected chi connectivity index (χ2v) is 9.97. The van der Waals surface area contributed by atoms with Crippen LogP contribution in [0.2, 0.25) is 0 Å². The molecule has 3 amide bonds. The molecule has 1 atom stereocenters. The standard InChI is InChI=1S/C20H25BrN2O3/c1-18(2,3)12-6-8-19(9-7-12)11-20(16(24)22-17(25)23-20)14-10-13(21)4-5-15(14)26-19/h4-5,10,12H,6-9,11H2,1-3H3,(H2,22,23,24,25). The summed E-state index contributed by atoms with van der Waals surface area (Å²) in [5.41, 5.74) is -0.435. The summed E-state index contributed by atoms with van der Waals surface area (Å²) in [6, 6.07) is 5.27. The molecule has 1 aromatic carbocycles. The van der Waals surface area contributed by atoms with E-state index in [4.69, 9.17) is 4.74 Å². The van der Waals surface area contributed by atoms with Gasteiger partial charge in [-0.2, -0.15) is 0 Å². The van der Waals surface area contributed by atoms with E-state index in [1.54, 1.807) is 0 Å². The highest BCUT2D eigenvalue weighted by atomic mass is 79.9. The molecule has 6 heteroatoms. The number of ether oxygens (including phenoxy) is 1. The van der Waals surface area contributed by atoms with Gasteiger partial charge in [0.25, 0.3) is 5.91 Å². The van der Waals surface area contributed by atoms with Gasteiger partial charge in [-0.15, -0.1) is 0 Å². The summed E-state index contributed by atoms with van der Waals surface area (Å²) in [6.45, 7) is 6.86. The SMILES string of the molecule is CC(C)(C)C1CCC2(CC1)CC1(NC(=O)NC1=O)c1cc(Br)ccc1O2. The van der Waals surface area contributed by atoms with Crippen LogP contribution in [0.1, 0.15) is 58.4 Å². The van der Waals surface area contributed by atoms with Gasteiger partial charge in [0, 0.05) is 16.5 Å². The highest BCUT2D eigenvalue weighted by Gasteiger charge is 2.58. The Morgan fingerprint density at radius 3 is 2.46 bits per heavy atom. The summed E-state index contributed by atoms with van der Waals surface area (Å²) in [5, 5.41) is 5.35. The molecule has 3 aliphatic rings. The Balaban J connectivity index is 1.72. The fraction of sp³-hybridized carbons (Fsp3) is 0.600. The van der Waals surface area contributed by atoms with E-state index in [0.717, 1.165) is 35.7 Å². The molecular weight excluding hydrogens is 396 g/mol. The van der Waals surface area contributed by atoms with Gasteiger partial charge in [-0.3, -0.25) is 10.1 Å². The van der Waals surface area contributed by atoms with Crippen molar-refractivity contribution in [1.29, 1.82) is 0 Å². The molecule has 2 N–H and O–H groups in total. The Hall–Kier alpha value is -1.56. The topological polar surface area (TPSA) is 67.4 Å². The predicted molar refractivity (Wildman–Crippen MR) is 102 cm³/mol. The van der Waals surface area contributed by atoms with E-state index >= 15 is 0 Å². The normalized spacial score (nSPS) is 33.6. The average Bonchev–Trinajstić information content (AvgIpc) is 2.82. The number of fused-ring (bicyclic) bond motifs is 2. The molecule has 1 aromatic rings. The number of benzene rings is 1. The van der Waals surface area contributed by atoms with Crippen LogP contribution in [0, 0.1) is 11.3 Å². The quantitative estimate of drug-likeness (QED) is 0.616. The van der Waals surface area contributed by atoms with E-state index in [2.05, 4.69) is 47.3 Å². The molecule has 26 heavy (non-hydrogen) atoms. The van der Waals surface area contributed by atoms with Gasteiger partial charge in [-0.25, -0.2) is 4.79 Å². The number of urea groups is 1. The fourth-order valence-corrected chi connectivity index (χ4v) is 5.23. The molecule has 2 aliphatic heterocycles. The minimum atomic E-state index is -1.04. The van der Waals surface area contributed by atoms with Crippen molar-refractivity contribution in [3.05, 3.63) is 28.2 Å². The third-order valence-corrected chi connectivity index (χ3v) is 6.87. The van der Waals surface area contributed by atoms with Crippen LogP contribution in [0.3, 0.4) is 0 Å². The van der Waals surface area contributed by atoms with Crippen LogP contribution in [0.4, 0.5) is 4.79 Å².